The van der Waals surface area contributed by atoms with Gasteiger partial charge in [-0.25, -0.2) is 8.78 Å². The summed E-state index contributed by atoms with van der Waals surface area (Å²) in [5.74, 6) is 4.76. The van der Waals surface area contributed by atoms with Crippen molar-refractivity contribution in [2.75, 3.05) is 0 Å². The van der Waals surface area contributed by atoms with Gasteiger partial charge in [-0.05, 0) is 6.92 Å². The second-order valence-corrected chi connectivity index (χ2v) is 1.53. The van der Waals surface area contributed by atoms with E-state index in [1.807, 2.05) is 0 Å². The molecule has 0 heterocycles. The van der Waals surface area contributed by atoms with Gasteiger partial charge in [-0.1, -0.05) is 0 Å². The standard InChI is InChI=1S/C6H8F2O/c1-2-3-4-5(9)6(7)8/h5-6,9H,4H2,1H3. The normalized spacial score (nSPS) is 12.6. The fraction of sp³-hybridized carbons (Fsp3) is 0.667. The largest absolute Gasteiger partial charge is 0.386 e. The molecule has 9 heavy (non-hydrogen) atoms. The van der Waals surface area contributed by atoms with Crippen molar-refractivity contribution < 1.29 is 13.9 Å². The molecule has 0 saturated carbocycles. The number of aliphatic hydroxyl groups excluding tert-OH is 1. The fourth-order valence-corrected chi connectivity index (χ4v) is 0.296. The maximum absolute atomic E-state index is 11.4. The predicted molar refractivity (Wildman–Crippen MR) is 30.1 cm³/mol. The van der Waals surface area contributed by atoms with Crippen LogP contribution in [0.15, 0.2) is 0 Å². The first-order chi connectivity index (χ1) is 4.18. The van der Waals surface area contributed by atoms with Crippen LogP contribution in [-0.4, -0.2) is 17.6 Å². The summed E-state index contributed by atoms with van der Waals surface area (Å²) in [6, 6.07) is 0. The van der Waals surface area contributed by atoms with Crippen molar-refractivity contribution in [3.63, 3.8) is 0 Å². The van der Waals surface area contributed by atoms with E-state index >= 15 is 0 Å². The van der Waals surface area contributed by atoms with Gasteiger partial charge in [0.2, 0.25) is 0 Å². The minimum absolute atomic E-state index is 0.145. The van der Waals surface area contributed by atoms with E-state index in [9.17, 15) is 8.78 Å². The van der Waals surface area contributed by atoms with Crippen LogP contribution < -0.4 is 0 Å². The zero-order chi connectivity index (χ0) is 7.28. The molecule has 0 aliphatic rings. The lowest BCUT2D eigenvalue weighted by Crippen LogP contribution is -2.15. The van der Waals surface area contributed by atoms with Gasteiger partial charge >= 0.3 is 0 Å². The van der Waals surface area contributed by atoms with Crippen molar-refractivity contribution in [3.8, 4) is 11.8 Å². The molecule has 1 nitrogen and oxygen atoms in total. The second kappa shape index (κ2) is 4.28. The molecule has 0 aromatic heterocycles. The topological polar surface area (TPSA) is 20.2 Å². The predicted octanol–water partition coefficient (Wildman–Crippen LogP) is 1.03. The van der Waals surface area contributed by atoms with Crippen LogP contribution in [0, 0.1) is 11.8 Å². The van der Waals surface area contributed by atoms with E-state index < -0.39 is 12.5 Å². The smallest absolute Gasteiger partial charge is 0.265 e. The molecule has 0 fully saturated rings. The number of halogens is 2. The SMILES string of the molecule is CC#CCC(O)C(F)F. The van der Waals surface area contributed by atoms with Crippen LogP contribution in [0.3, 0.4) is 0 Å². The zero-order valence-electron chi connectivity index (χ0n) is 5.06. The maximum atomic E-state index is 11.4. The Bertz CT molecular complexity index is 123. The number of aliphatic hydroxyl groups is 1. The summed E-state index contributed by atoms with van der Waals surface area (Å²) >= 11 is 0. The lowest BCUT2D eigenvalue weighted by Gasteiger charge is -2.02. The van der Waals surface area contributed by atoms with Crippen LogP contribution in [0.5, 0.6) is 0 Å². The minimum atomic E-state index is -2.68. The summed E-state index contributed by atoms with van der Waals surface area (Å²) in [6.07, 6.45) is -4.41. The van der Waals surface area contributed by atoms with Crippen molar-refractivity contribution in [3.05, 3.63) is 0 Å². The molecular weight excluding hydrogens is 126 g/mol. The molecule has 1 unspecified atom stereocenters. The van der Waals surface area contributed by atoms with Crippen molar-refractivity contribution in [2.24, 2.45) is 0 Å². The van der Waals surface area contributed by atoms with Crippen LogP contribution in [0.1, 0.15) is 13.3 Å². The Hall–Kier alpha value is -0.620. The molecule has 0 spiro atoms. The molecule has 52 valence electrons. The van der Waals surface area contributed by atoms with Gasteiger partial charge in [-0.2, -0.15) is 0 Å². The van der Waals surface area contributed by atoms with Gasteiger partial charge < -0.3 is 5.11 Å². The number of hydrogen-bond acceptors (Lipinski definition) is 1. The van der Waals surface area contributed by atoms with E-state index in [1.54, 1.807) is 0 Å². The Kier molecular flexibility index (Phi) is 3.98. The van der Waals surface area contributed by atoms with Crippen LogP contribution in [0.2, 0.25) is 0 Å². The van der Waals surface area contributed by atoms with E-state index in [4.69, 9.17) is 5.11 Å². The van der Waals surface area contributed by atoms with Gasteiger partial charge in [0, 0.05) is 6.42 Å². The Morgan fingerprint density at radius 1 is 1.56 bits per heavy atom. The highest BCUT2D eigenvalue weighted by atomic mass is 19.3. The average molecular weight is 134 g/mol. The Labute approximate surface area is 52.7 Å². The number of alkyl halides is 2. The van der Waals surface area contributed by atoms with Crippen molar-refractivity contribution in [1.29, 1.82) is 0 Å². The summed E-state index contributed by atoms with van der Waals surface area (Å²) in [5.41, 5.74) is 0. The average Bonchev–Trinajstić information content (AvgIpc) is 1.82. The van der Waals surface area contributed by atoms with E-state index in [-0.39, 0.29) is 6.42 Å². The third kappa shape index (κ3) is 3.92. The van der Waals surface area contributed by atoms with E-state index in [1.165, 1.54) is 6.92 Å². The van der Waals surface area contributed by atoms with Crippen LogP contribution in [0.4, 0.5) is 8.78 Å². The first-order valence-corrected chi connectivity index (χ1v) is 2.54. The van der Waals surface area contributed by atoms with E-state index in [0.29, 0.717) is 0 Å². The first-order valence-electron chi connectivity index (χ1n) is 2.54. The third-order valence-electron chi connectivity index (χ3n) is 0.779. The highest BCUT2D eigenvalue weighted by molar-refractivity contribution is 4.96. The molecule has 1 atom stereocenters. The van der Waals surface area contributed by atoms with Crippen molar-refractivity contribution in [1.82, 2.24) is 0 Å². The summed E-state index contributed by atoms with van der Waals surface area (Å²) < 4.78 is 22.9. The highest BCUT2D eigenvalue weighted by Gasteiger charge is 2.14. The quantitative estimate of drug-likeness (QED) is 0.559. The fourth-order valence-electron chi connectivity index (χ4n) is 0.296. The third-order valence-corrected chi connectivity index (χ3v) is 0.779. The summed E-state index contributed by atoms with van der Waals surface area (Å²) in [7, 11) is 0. The van der Waals surface area contributed by atoms with Crippen LogP contribution >= 0.6 is 0 Å². The molecule has 0 amide bonds. The Morgan fingerprint density at radius 2 is 2.11 bits per heavy atom. The van der Waals surface area contributed by atoms with Crippen LogP contribution in [0.25, 0.3) is 0 Å². The van der Waals surface area contributed by atoms with Gasteiger partial charge in [0.15, 0.2) is 0 Å². The second-order valence-electron chi connectivity index (χ2n) is 1.53. The Morgan fingerprint density at radius 3 is 2.44 bits per heavy atom. The Balaban J connectivity index is 3.46. The molecule has 1 N–H and O–H groups in total. The maximum Gasteiger partial charge on any atom is 0.265 e. The van der Waals surface area contributed by atoms with Crippen molar-refractivity contribution >= 4 is 0 Å². The van der Waals surface area contributed by atoms with Gasteiger partial charge in [0.05, 0.1) is 0 Å². The molecule has 0 radical (unpaired) electrons. The minimum Gasteiger partial charge on any atom is -0.386 e. The molecule has 0 saturated heterocycles. The van der Waals surface area contributed by atoms with Gasteiger partial charge in [-0.3, -0.25) is 0 Å². The lowest BCUT2D eigenvalue weighted by atomic mass is 10.3. The van der Waals surface area contributed by atoms with E-state index in [2.05, 4.69) is 11.8 Å². The van der Waals surface area contributed by atoms with Gasteiger partial charge in [0.25, 0.3) is 6.43 Å². The van der Waals surface area contributed by atoms with Gasteiger partial charge in [0.1, 0.15) is 6.10 Å². The molecule has 0 aliphatic carbocycles. The van der Waals surface area contributed by atoms with Crippen LogP contribution in [-0.2, 0) is 0 Å². The summed E-state index contributed by atoms with van der Waals surface area (Å²) in [4.78, 5) is 0. The molecule has 3 heteroatoms. The van der Waals surface area contributed by atoms with E-state index in [0.717, 1.165) is 0 Å². The zero-order valence-corrected chi connectivity index (χ0v) is 5.06. The molecule has 0 rings (SSSR count). The summed E-state index contributed by atoms with van der Waals surface area (Å²) in [6.45, 7) is 1.54. The molecule has 0 aromatic rings. The monoisotopic (exact) mass is 134 g/mol. The van der Waals surface area contributed by atoms with Gasteiger partial charge in [-0.15, -0.1) is 11.8 Å². The molecule has 0 aromatic carbocycles. The number of hydrogen-bond donors (Lipinski definition) is 1. The first kappa shape index (κ1) is 8.38. The summed E-state index contributed by atoms with van der Waals surface area (Å²) in [5, 5.41) is 8.41. The molecular formula is C6H8F2O. The lowest BCUT2D eigenvalue weighted by molar-refractivity contribution is -0.000923. The van der Waals surface area contributed by atoms with Crippen molar-refractivity contribution in [2.45, 2.75) is 25.9 Å². The molecule has 0 aliphatic heterocycles. The molecule has 0 bridgehead atoms. The highest BCUT2D eigenvalue weighted by Crippen LogP contribution is 2.02. The number of rotatable bonds is 2.